The van der Waals surface area contributed by atoms with Crippen molar-refractivity contribution in [3.63, 3.8) is 0 Å². The number of fused-ring (bicyclic) bond motifs is 2. The van der Waals surface area contributed by atoms with Crippen LogP contribution in [0.15, 0.2) is 54.7 Å². The predicted octanol–water partition coefficient (Wildman–Crippen LogP) is 3.45. The quantitative estimate of drug-likeness (QED) is 0.464. The van der Waals surface area contributed by atoms with Gasteiger partial charge in [-0.3, -0.25) is 9.78 Å². The minimum absolute atomic E-state index is 0.0942. The number of aromatic nitrogens is 1. The molecule has 84 valence electrons. The Balaban J connectivity index is 2.28. The van der Waals surface area contributed by atoms with Gasteiger partial charge in [-0.2, -0.15) is 0 Å². The second kappa shape index (κ2) is 3.26. The van der Waals surface area contributed by atoms with Gasteiger partial charge in [0, 0.05) is 22.7 Å². The van der Waals surface area contributed by atoms with Crippen LogP contribution in [0, 0.1) is 0 Å². The van der Waals surface area contributed by atoms with Gasteiger partial charge in [-0.15, -0.1) is 0 Å². The van der Waals surface area contributed by atoms with Crippen LogP contribution in [0.25, 0.3) is 22.0 Å². The third-order valence-corrected chi connectivity index (χ3v) is 3.47. The van der Waals surface area contributed by atoms with Gasteiger partial charge < -0.3 is 0 Å². The maximum absolute atomic E-state index is 12.5. The number of benzene rings is 2. The van der Waals surface area contributed by atoms with Crippen LogP contribution in [0.5, 0.6) is 0 Å². The van der Waals surface area contributed by atoms with Gasteiger partial charge in [0.1, 0.15) is 0 Å². The third-order valence-electron chi connectivity index (χ3n) is 3.47. The molecule has 0 amide bonds. The van der Waals surface area contributed by atoms with E-state index in [-0.39, 0.29) is 5.78 Å². The Hall–Kier alpha value is -2.48. The molecule has 0 saturated carbocycles. The summed E-state index contributed by atoms with van der Waals surface area (Å²) < 4.78 is 0. The summed E-state index contributed by atoms with van der Waals surface area (Å²) in [6, 6.07) is 15.5. The van der Waals surface area contributed by atoms with Gasteiger partial charge in [0.25, 0.3) is 0 Å². The monoisotopic (exact) mass is 231 g/mol. The summed E-state index contributed by atoms with van der Waals surface area (Å²) in [5, 5.41) is 0.976. The minimum atomic E-state index is 0.0942. The summed E-state index contributed by atoms with van der Waals surface area (Å²) in [6.45, 7) is 0. The average Bonchev–Trinajstić information content (AvgIpc) is 2.44. The van der Waals surface area contributed by atoms with Crippen LogP contribution in [0.3, 0.4) is 0 Å². The first-order valence-electron chi connectivity index (χ1n) is 5.88. The number of carbonyl (C=O) groups excluding carboxylic acids is 1. The van der Waals surface area contributed by atoms with E-state index >= 15 is 0 Å². The van der Waals surface area contributed by atoms with Crippen molar-refractivity contribution >= 4 is 16.7 Å². The molecule has 1 aromatic heterocycles. The van der Waals surface area contributed by atoms with E-state index in [0.717, 1.165) is 33.2 Å². The van der Waals surface area contributed by atoms with E-state index in [1.165, 1.54) is 0 Å². The molecule has 0 fully saturated rings. The zero-order valence-electron chi connectivity index (χ0n) is 9.55. The van der Waals surface area contributed by atoms with E-state index < -0.39 is 0 Å². The number of pyridine rings is 1. The molecule has 2 heteroatoms. The molecular weight excluding hydrogens is 222 g/mol. The highest BCUT2D eigenvalue weighted by atomic mass is 16.1. The molecule has 0 spiro atoms. The van der Waals surface area contributed by atoms with Crippen molar-refractivity contribution in [2.24, 2.45) is 0 Å². The van der Waals surface area contributed by atoms with E-state index in [0.29, 0.717) is 0 Å². The fourth-order valence-corrected chi connectivity index (χ4v) is 2.68. The van der Waals surface area contributed by atoms with Gasteiger partial charge in [0.15, 0.2) is 5.78 Å². The maximum atomic E-state index is 12.5. The summed E-state index contributed by atoms with van der Waals surface area (Å²) in [4.78, 5) is 16.8. The Kier molecular flexibility index (Phi) is 1.73. The number of hydrogen-bond acceptors (Lipinski definition) is 2. The third kappa shape index (κ3) is 1.07. The Morgan fingerprint density at radius 1 is 0.722 bits per heavy atom. The van der Waals surface area contributed by atoms with Crippen molar-refractivity contribution in [3.05, 3.63) is 65.9 Å². The van der Waals surface area contributed by atoms with E-state index in [9.17, 15) is 4.79 Å². The first-order chi connectivity index (χ1) is 8.86. The van der Waals surface area contributed by atoms with E-state index in [1.54, 1.807) is 6.20 Å². The zero-order valence-corrected chi connectivity index (χ0v) is 9.55. The molecule has 0 radical (unpaired) electrons. The SMILES string of the molecule is O=C1c2ccccc2-c2ccnc3cccc1c23. The number of carbonyl (C=O) groups is 1. The molecule has 4 rings (SSSR count). The second-order valence-electron chi connectivity index (χ2n) is 4.43. The summed E-state index contributed by atoms with van der Waals surface area (Å²) in [6.07, 6.45) is 1.80. The smallest absolute Gasteiger partial charge is 0.194 e. The average molecular weight is 231 g/mol. The Morgan fingerprint density at radius 3 is 2.39 bits per heavy atom. The fourth-order valence-electron chi connectivity index (χ4n) is 2.68. The van der Waals surface area contributed by atoms with Gasteiger partial charge >= 0.3 is 0 Å². The fraction of sp³-hybridized carbons (Fsp3) is 0. The van der Waals surface area contributed by atoms with Crippen molar-refractivity contribution in [1.29, 1.82) is 0 Å². The standard InChI is InChI=1S/C16H9NO/c18-16-12-5-2-1-4-10(12)11-8-9-17-14-7-3-6-13(16)15(11)14/h1-9H. The second-order valence-corrected chi connectivity index (χ2v) is 4.43. The van der Waals surface area contributed by atoms with Crippen LogP contribution >= 0.6 is 0 Å². The van der Waals surface area contributed by atoms with Gasteiger partial charge in [-0.25, -0.2) is 0 Å². The molecule has 1 aliphatic carbocycles. The summed E-state index contributed by atoms with van der Waals surface area (Å²) in [7, 11) is 0. The lowest BCUT2D eigenvalue weighted by Gasteiger charge is -2.18. The Labute approximate surface area is 104 Å². The molecule has 0 unspecified atom stereocenters. The van der Waals surface area contributed by atoms with Crippen LogP contribution in [0.2, 0.25) is 0 Å². The van der Waals surface area contributed by atoms with Crippen molar-refractivity contribution in [1.82, 2.24) is 4.98 Å². The van der Waals surface area contributed by atoms with Crippen LogP contribution < -0.4 is 0 Å². The van der Waals surface area contributed by atoms with Crippen molar-refractivity contribution < 1.29 is 4.79 Å². The highest BCUT2D eigenvalue weighted by Gasteiger charge is 2.24. The first kappa shape index (κ1) is 9.54. The van der Waals surface area contributed by atoms with Crippen molar-refractivity contribution in [2.45, 2.75) is 0 Å². The number of hydrogen-bond donors (Lipinski definition) is 0. The maximum Gasteiger partial charge on any atom is 0.194 e. The van der Waals surface area contributed by atoms with Crippen LogP contribution in [0.4, 0.5) is 0 Å². The lowest BCUT2D eigenvalue weighted by atomic mass is 9.84. The number of nitrogens with zero attached hydrogens (tertiary/aromatic N) is 1. The molecule has 1 heterocycles. The lowest BCUT2D eigenvalue weighted by Crippen LogP contribution is -2.09. The molecule has 0 N–H and O–H groups in total. The number of ketones is 1. The topological polar surface area (TPSA) is 30.0 Å². The minimum Gasteiger partial charge on any atom is -0.289 e. The van der Waals surface area contributed by atoms with Crippen LogP contribution in [0.1, 0.15) is 15.9 Å². The molecule has 18 heavy (non-hydrogen) atoms. The molecule has 2 nitrogen and oxygen atoms in total. The Morgan fingerprint density at radius 2 is 1.50 bits per heavy atom. The summed E-state index contributed by atoms with van der Waals surface area (Å²) in [5.41, 5.74) is 4.53. The summed E-state index contributed by atoms with van der Waals surface area (Å²) >= 11 is 0. The van der Waals surface area contributed by atoms with Crippen LogP contribution in [-0.2, 0) is 0 Å². The lowest BCUT2D eigenvalue weighted by molar-refractivity contribution is 0.104. The zero-order chi connectivity index (χ0) is 12.1. The molecular formula is C16H9NO. The first-order valence-corrected chi connectivity index (χ1v) is 5.88. The molecule has 0 saturated heterocycles. The molecule has 0 atom stereocenters. The molecule has 0 bridgehead atoms. The van der Waals surface area contributed by atoms with Gasteiger partial charge in [0.05, 0.1) is 5.52 Å². The van der Waals surface area contributed by atoms with Gasteiger partial charge in [-0.1, -0.05) is 36.4 Å². The van der Waals surface area contributed by atoms with Gasteiger partial charge in [-0.05, 0) is 23.3 Å². The Bertz CT molecular complexity index is 800. The molecule has 3 aromatic rings. The van der Waals surface area contributed by atoms with E-state index in [2.05, 4.69) is 4.98 Å². The van der Waals surface area contributed by atoms with E-state index in [4.69, 9.17) is 0 Å². The largest absolute Gasteiger partial charge is 0.289 e. The summed E-state index contributed by atoms with van der Waals surface area (Å²) in [5.74, 6) is 0.0942. The molecule has 2 aromatic carbocycles. The van der Waals surface area contributed by atoms with Crippen molar-refractivity contribution in [2.75, 3.05) is 0 Å². The highest BCUT2D eigenvalue weighted by Crippen LogP contribution is 2.38. The van der Waals surface area contributed by atoms with Gasteiger partial charge in [0.2, 0.25) is 0 Å². The molecule has 0 aliphatic heterocycles. The normalized spacial score (nSPS) is 12.6. The highest BCUT2D eigenvalue weighted by molar-refractivity contribution is 6.25. The number of rotatable bonds is 0. The van der Waals surface area contributed by atoms with Crippen LogP contribution in [-0.4, -0.2) is 10.8 Å². The van der Waals surface area contributed by atoms with Crippen molar-refractivity contribution in [3.8, 4) is 11.1 Å². The predicted molar refractivity (Wildman–Crippen MR) is 70.6 cm³/mol. The van der Waals surface area contributed by atoms with E-state index in [1.807, 2.05) is 48.5 Å². The molecule has 1 aliphatic rings.